The highest BCUT2D eigenvalue weighted by molar-refractivity contribution is 14.1. The number of nitrogens with zero attached hydrogens (tertiary/aromatic N) is 1. The molecule has 1 rings (SSSR count). The van der Waals surface area contributed by atoms with E-state index in [2.05, 4.69) is 34.4 Å². The van der Waals surface area contributed by atoms with Crippen LogP contribution in [0.2, 0.25) is 0 Å². The van der Waals surface area contributed by atoms with E-state index in [9.17, 15) is 0 Å². The Morgan fingerprint density at radius 2 is 1.90 bits per heavy atom. The number of hydrogen-bond donors (Lipinski definition) is 0. The highest BCUT2D eigenvalue weighted by Gasteiger charge is 2.14. The fourth-order valence-electron chi connectivity index (χ4n) is 1.46. The Morgan fingerprint density at radius 1 is 1.30 bits per heavy atom. The highest BCUT2D eigenvalue weighted by Crippen LogP contribution is 2.12. The van der Waals surface area contributed by atoms with Crippen LogP contribution in [0.5, 0.6) is 0 Å². The van der Waals surface area contributed by atoms with Crippen molar-refractivity contribution in [3.05, 3.63) is 0 Å². The first-order valence-electron chi connectivity index (χ1n) is 4.14. The van der Waals surface area contributed by atoms with Crippen LogP contribution in [0.4, 0.5) is 0 Å². The molecule has 0 aromatic heterocycles. The van der Waals surface area contributed by atoms with Crippen molar-refractivity contribution in [1.29, 1.82) is 0 Å². The van der Waals surface area contributed by atoms with Crippen LogP contribution < -0.4 is 0 Å². The summed E-state index contributed by atoms with van der Waals surface area (Å²) in [6.45, 7) is 5.01. The summed E-state index contributed by atoms with van der Waals surface area (Å²) in [5.41, 5.74) is 0. The monoisotopic (exact) mass is 253 g/mol. The van der Waals surface area contributed by atoms with E-state index in [1.54, 1.807) is 0 Å². The van der Waals surface area contributed by atoms with Crippen molar-refractivity contribution < 1.29 is 0 Å². The molecular formula is C8H16IN. The van der Waals surface area contributed by atoms with E-state index in [0.717, 1.165) is 6.04 Å². The van der Waals surface area contributed by atoms with Gasteiger partial charge < -0.3 is 0 Å². The van der Waals surface area contributed by atoms with E-state index in [1.165, 1.54) is 36.8 Å². The normalized spacial score (nSPS) is 24.6. The lowest BCUT2D eigenvalue weighted by atomic mass is 10.1. The summed E-state index contributed by atoms with van der Waals surface area (Å²) in [6.07, 6.45) is 4.28. The molecule has 0 saturated carbocycles. The molecular weight excluding hydrogens is 237 g/mol. The molecule has 0 amide bonds. The maximum Gasteiger partial charge on any atom is 0.0157 e. The molecule has 60 valence electrons. The summed E-state index contributed by atoms with van der Waals surface area (Å²) in [6, 6.07) is 0.806. The van der Waals surface area contributed by atoms with E-state index < -0.39 is 0 Å². The van der Waals surface area contributed by atoms with Crippen molar-refractivity contribution in [3.8, 4) is 0 Å². The lowest BCUT2D eigenvalue weighted by molar-refractivity contribution is 0.189. The molecule has 0 aromatic carbocycles. The third-order valence-corrected chi connectivity index (χ3v) is 3.51. The van der Waals surface area contributed by atoms with Crippen molar-refractivity contribution >= 4 is 22.6 Å². The number of halogens is 1. The second kappa shape index (κ2) is 4.54. The van der Waals surface area contributed by atoms with Gasteiger partial charge in [-0.2, -0.15) is 0 Å². The van der Waals surface area contributed by atoms with Gasteiger partial charge >= 0.3 is 0 Å². The number of piperidine rings is 1. The third-order valence-electron chi connectivity index (χ3n) is 2.24. The molecule has 1 fully saturated rings. The molecule has 0 N–H and O–H groups in total. The fraction of sp³-hybridized carbons (Fsp3) is 1.00. The van der Waals surface area contributed by atoms with Crippen LogP contribution in [0.1, 0.15) is 26.2 Å². The zero-order valence-corrected chi connectivity index (χ0v) is 8.80. The average Bonchev–Trinajstić information content (AvgIpc) is 2.05. The van der Waals surface area contributed by atoms with Crippen molar-refractivity contribution in [2.45, 2.75) is 32.2 Å². The molecule has 0 spiro atoms. The smallest absolute Gasteiger partial charge is 0.0157 e. The molecule has 2 heteroatoms. The van der Waals surface area contributed by atoms with E-state index in [4.69, 9.17) is 0 Å². The summed E-state index contributed by atoms with van der Waals surface area (Å²) >= 11 is 2.47. The Kier molecular flexibility index (Phi) is 3.99. The number of likely N-dealkylation sites (tertiary alicyclic amines) is 1. The maximum absolute atomic E-state index is 2.61. The van der Waals surface area contributed by atoms with Gasteiger partial charge in [0.2, 0.25) is 0 Å². The van der Waals surface area contributed by atoms with E-state index in [-0.39, 0.29) is 0 Å². The van der Waals surface area contributed by atoms with E-state index in [1.807, 2.05) is 0 Å². The van der Waals surface area contributed by atoms with Crippen LogP contribution in [0, 0.1) is 0 Å². The second-order valence-corrected chi connectivity index (χ2v) is 3.98. The lowest BCUT2D eigenvalue weighted by Crippen LogP contribution is -2.38. The molecule has 1 atom stereocenters. The van der Waals surface area contributed by atoms with Gasteiger partial charge in [0.15, 0.2) is 0 Å². The standard InChI is InChI=1S/C8H16IN/c1-8(7-9)10-5-3-2-4-6-10/h8H,2-7H2,1H3. The van der Waals surface area contributed by atoms with Gasteiger partial charge in [0, 0.05) is 10.5 Å². The van der Waals surface area contributed by atoms with E-state index in [0.29, 0.717) is 0 Å². The first-order valence-corrected chi connectivity index (χ1v) is 5.67. The Balaban J connectivity index is 2.24. The summed E-state index contributed by atoms with van der Waals surface area (Å²) in [5.74, 6) is 0. The van der Waals surface area contributed by atoms with Gasteiger partial charge in [-0.25, -0.2) is 0 Å². The predicted molar refractivity (Wildman–Crippen MR) is 53.8 cm³/mol. The molecule has 1 saturated heterocycles. The first-order chi connectivity index (χ1) is 4.84. The zero-order valence-electron chi connectivity index (χ0n) is 6.65. The van der Waals surface area contributed by atoms with Gasteiger partial charge in [-0.1, -0.05) is 29.0 Å². The molecule has 1 aliphatic heterocycles. The van der Waals surface area contributed by atoms with Crippen LogP contribution in [0.25, 0.3) is 0 Å². The summed E-state index contributed by atoms with van der Waals surface area (Å²) < 4.78 is 1.28. The minimum Gasteiger partial charge on any atom is -0.300 e. The molecule has 1 aliphatic rings. The van der Waals surface area contributed by atoms with Crippen LogP contribution in [-0.4, -0.2) is 28.5 Å². The fourth-order valence-corrected chi connectivity index (χ4v) is 2.01. The van der Waals surface area contributed by atoms with Crippen LogP contribution in [0.3, 0.4) is 0 Å². The molecule has 0 bridgehead atoms. The summed E-state index contributed by atoms with van der Waals surface area (Å²) in [7, 11) is 0. The minimum atomic E-state index is 0.806. The summed E-state index contributed by atoms with van der Waals surface area (Å²) in [4.78, 5) is 2.61. The number of hydrogen-bond acceptors (Lipinski definition) is 1. The van der Waals surface area contributed by atoms with Gasteiger partial charge in [-0.3, -0.25) is 4.90 Å². The zero-order chi connectivity index (χ0) is 7.40. The largest absolute Gasteiger partial charge is 0.300 e. The van der Waals surface area contributed by atoms with Crippen LogP contribution >= 0.6 is 22.6 Å². The molecule has 1 nitrogen and oxygen atoms in total. The van der Waals surface area contributed by atoms with Gasteiger partial charge in [0.1, 0.15) is 0 Å². The minimum absolute atomic E-state index is 0.806. The Labute approximate surface area is 77.3 Å². The number of rotatable bonds is 2. The predicted octanol–water partition coefficient (Wildman–Crippen LogP) is 2.30. The van der Waals surface area contributed by atoms with E-state index >= 15 is 0 Å². The van der Waals surface area contributed by atoms with Crippen molar-refractivity contribution in [2.75, 3.05) is 17.5 Å². The molecule has 0 radical (unpaired) electrons. The molecule has 0 aromatic rings. The second-order valence-electron chi connectivity index (χ2n) is 3.10. The van der Waals surface area contributed by atoms with Crippen LogP contribution in [-0.2, 0) is 0 Å². The van der Waals surface area contributed by atoms with Gasteiger partial charge in [-0.05, 0) is 32.9 Å². The van der Waals surface area contributed by atoms with Crippen molar-refractivity contribution in [3.63, 3.8) is 0 Å². The Hall–Kier alpha value is 0.690. The maximum atomic E-state index is 2.61. The van der Waals surface area contributed by atoms with Crippen LogP contribution in [0.15, 0.2) is 0 Å². The quantitative estimate of drug-likeness (QED) is 0.539. The van der Waals surface area contributed by atoms with Crippen molar-refractivity contribution in [2.24, 2.45) is 0 Å². The van der Waals surface area contributed by atoms with Crippen molar-refractivity contribution in [1.82, 2.24) is 4.90 Å². The molecule has 1 heterocycles. The van der Waals surface area contributed by atoms with Gasteiger partial charge in [0.05, 0.1) is 0 Å². The summed E-state index contributed by atoms with van der Waals surface area (Å²) in [5, 5.41) is 0. The van der Waals surface area contributed by atoms with Gasteiger partial charge in [0.25, 0.3) is 0 Å². The Bertz CT molecular complexity index is 89.3. The highest BCUT2D eigenvalue weighted by atomic mass is 127. The average molecular weight is 253 g/mol. The molecule has 1 unspecified atom stereocenters. The Morgan fingerprint density at radius 3 is 2.40 bits per heavy atom. The topological polar surface area (TPSA) is 3.24 Å². The first kappa shape index (κ1) is 8.78. The molecule has 0 aliphatic carbocycles. The number of alkyl halides is 1. The third kappa shape index (κ3) is 2.38. The SMILES string of the molecule is CC(CI)N1CCCCC1. The van der Waals surface area contributed by atoms with Gasteiger partial charge in [-0.15, -0.1) is 0 Å². The lowest BCUT2D eigenvalue weighted by Gasteiger charge is -2.31. The molecule has 10 heavy (non-hydrogen) atoms.